The topological polar surface area (TPSA) is 35.2 Å². The lowest BCUT2D eigenvalue weighted by molar-refractivity contribution is -0.143. The number of hydrogen-bond acceptors (Lipinski definition) is 2. The van der Waals surface area contributed by atoms with Crippen LogP contribution in [0.25, 0.3) is 0 Å². The van der Waals surface area contributed by atoms with E-state index in [4.69, 9.17) is 5.73 Å². The second-order valence-electron chi connectivity index (χ2n) is 4.08. The summed E-state index contributed by atoms with van der Waals surface area (Å²) in [5.74, 6) is -0.609. The van der Waals surface area contributed by atoms with Gasteiger partial charge in [0.1, 0.15) is 5.75 Å². The number of nitrogens with two attached hydrogens (primary N) is 1. The Balaban J connectivity index is 2.89. The molecule has 0 aliphatic rings. The van der Waals surface area contributed by atoms with Crippen molar-refractivity contribution < 1.29 is 31.1 Å². The molecule has 1 rings (SSSR count). The fourth-order valence-corrected chi connectivity index (χ4v) is 1.52. The highest BCUT2D eigenvalue weighted by atomic mass is 19.4. The number of halogens is 6. The van der Waals surface area contributed by atoms with Crippen molar-refractivity contribution in [3.8, 4) is 5.75 Å². The van der Waals surface area contributed by atoms with E-state index in [1.54, 1.807) is 0 Å². The van der Waals surface area contributed by atoms with Crippen LogP contribution in [0.2, 0.25) is 0 Å². The Bertz CT molecular complexity index is 441. The van der Waals surface area contributed by atoms with Crippen LogP contribution in [0.4, 0.5) is 26.3 Å². The van der Waals surface area contributed by atoms with Crippen LogP contribution in [0, 0.1) is 0 Å². The Hall–Kier alpha value is -1.44. The van der Waals surface area contributed by atoms with Gasteiger partial charge >= 0.3 is 12.4 Å². The van der Waals surface area contributed by atoms with Crippen molar-refractivity contribution in [1.82, 2.24) is 0 Å². The smallest absolute Gasteiger partial charge is 0.419 e. The fraction of sp³-hybridized carbons (Fsp3) is 0.500. The van der Waals surface area contributed by atoms with E-state index in [2.05, 4.69) is 4.74 Å². The maximum Gasteiger partial charge on any atom is 0.419 e. The van der Waals surface area contributed by atoms with Crippen LogP contribution in [0.5, 0.6) is 5.75 Å². The first kappa shape index (κ1) is 16.6. The van der Waals surface area contributed by atoms with E-state index in [0.717, 1.165) is 12.1 Å². The summed E-state index contributed by atoms with van der Waals surface area (Å²) in [5, 5.41) is 0. The third-order valence-corrected chi connectivity index (χ3v) is 2.43. The van der Waals surface area contributed by atoms with Gasteiger partial charge in [-0.2, -0.15) is 26.3 Å². The Kier molecular flexibility index (Phi) is 5.27. The van der Waals surface area contributed by atoms with Gasteiger partial charge in [-0.3, -0.25) is 0 Å². The molecule has 0 amide bonds. The third-order valence-electron chi connectivity index (χ3n) is 2.43. The van der Waals surface area contributed by atoms with Gasteiger partial charge in [-0.1, -0.05) is 6.07 Å². The summed E-state index contributed by atoms with van der Waals surface area (Å²) >= 11 is 0. The van der Waals surface area contributed by atoms with Gasteiger partial charge in [-0.05, 0) is 30.7 Å². The minimum Gasteiger partial charge on any atom is -0.493 e. The average Bonchev–Trinajstić information content (AvgIpc) is 2.28. The molecule has 0 radical (unpaired) electrons. The first-order valence-electron chi connectivity index (χ1n) is 5.73. The van der Waals surface area contributed by atoms with Crippen molar-refractivity contribution >= 4 is 0 Å². The van der Waals surface area contributed by atoms with Crippen LogP contribution >= 0.6 is 0 Å². The normalized spacial score (nSPS) is 12.6. The van der Waals surface area contributed by atoms with Crippen molar-refractivity contribution in [3.63, 3.8) is 0 Å². The Morgan fingerprint density at radius 2 is 1.70 bits per heavy atom. The van der Waals surface area contributed by atoms with Crippen molar-refractivity contribution in [2.24, 2.45) is 5.73 Å². The van der Waals surface area contributed by atoms with E-state index >= 15 is 0 Å². The molecule has 0 atom stereocenters. The summed E-state index contributed by atoms with van der Waals surface area (Å²) in [4.78, 5) is 0. The van der Waals surface area contributed by atoms with Crippen LogP contribution < -0.4 is 10.5 Å². The summed E-state index contributed by atoms with van der Waals surface area (Å²) < 4.78 is 78.8. The average molecular weight is 301 g/mol. The highest BCUT2D eigenvalue weighted by Crippen LogP contribution is 2.37. The number of ether oxygens (including phenoxy) is 1. The van der Waals surface area contributed by atoms with Gasteiger partial charge < -0.3 is 10.5 Å². The second-order valence-corrected chi connectivity index (χ2v) is 4.08. The molecule has 2 N–H and O–H groups in total. The first-order chi connectivity index (χ1) is 9.13. The number of hydrogen-bond donors (Lipinski definition) is 1. The maximum absolute atomic E-state index is 12.8. The summed E-state index contributed by atoms with van der Waals surface area (Å²) in [5.41, 5.74) is 4.51. The molecule has 114 valence electrons. The van der Waals surface area contributed by atoms with Gasteiger partial charge in [0.2, 0.25) is 0 Å². The molecule has 0 saturated carbocycles. The molecular weight excluding hydrogens is 288 g/mol. The quantitative estimate of drug-likeness (QED) is 0.844. The first-order valence-corrected chi connectivity index (χ1v) is 5.73. The van der Waals surface area contributed by atoms with E-state index in [1.165, 1.54) is 6.07 Å². The van der Waals surface area contributed by atoms with Crippen molar-refractivity contribution in [1.29, 1.82) is 0 Å². The van der Waals surface area contributed by atoms with E-state index < -0.39 is 36.7 Å². The Morgan fingerprint density at radius 1 is 1.05 bits per heavy atom. The van der Waals surface area contributed by atoms with E-state index in [1.807, 2.05) is 0 Å². The lowest BCUT2D eigenvalue weighted by Gasteiger charge is -2.16. The van der Waals surface area contributed by atoms with E-state index in [9.17, 15) is 26.3 Å². The monoisotopic (exact) mass is 301 g/mol. The summed E-state index contributed by atoms with van der Waals surface area (Å²) in [6, 6.07) is 3.21. The van der Waals surface area contributed by atoms with Gasteiger partial charge in [0.15, 0.2) is 0 Å². The van der Waals surface area contributed by atoms with Crippen LogP contribution in [0.15, 0.2) is 18.2 Å². The summed E-state index contributed by atoms with van der Waals surface area (Å²) in [6.45, 7) is -0.686. The Morgan fingerprint density at radius 3 is 2.20 bits per heavy atom. The van der Waals surface area contributed by atoms with Crippen LogP contribution in [-0.4, -0.2) is 19.3 Å². The third kappa shape index (κ3) is 5.28. The molecular formula is C12H13F6NO. The molecule has 0 saturated heterocycles. The number of benzene rings is 1. The van der Waals surface area contributed by atoms with E-state index in [-0.39, 0.29) is 13.0 Å². The zero-order valence-corrected chi connectivity index (χ0v) is 10.3. The minimum absolute atomic E-state index is 0.172. The van der Waals surface area contributed by atoms with Crippen LogP contribution in [0.3, 0.4) is 0 Å². The van der Waals surface area contributed by atoms with E-state index in [0.29, 0.717) is 5.56 Å². The molecule has 0 spiro atoms. The number of alkyl halides is 6. The lowest BCUT2D eigenvalue weighted by Crippen LogP contribution is -2.15. The predicted octanol–water partition coefficient (Wildman–Crippen LogP) is 3.54. The molecule has 0 aliphatic heterocycles. The molecule has 8 heteroatoms. The fourth-order valence-electron chi connectivity index (χ4n) is 1.52. The van der Waals surface area contributed by atoms with Crippen molar-refractivity contribution in [2.75, 3.05) is 13.2 Å². The molecule has 0 bridgehead atoms. The zero-order chi connectivity index (χ0) is 15.4. The van der Waals surface area contributed by atoms with Gasteiger partial charge in [0, 0.05) is 0 Å². The standard InChI is InChI=1S/C12H13F6NO/c13-11(14,15)4-6-20-10-2-1-8(3-5-19)7-9(10)12(16,17)18/h1-2,7H,3-6,19H2. The molecule has 2 nitrogen and oxygen atoms in total. The zero-order valence-electron chi connectivity index (χ0n) is 10.3. The molecule has 1 aromatic carbocycles. The van der Waals surface area contributed by atoms with Crippen molar-refractivity contribution in [3.05, 3.63) is 29.3 Å². The molecule has 0 aromatic heterocycles. The van der Waals surface area contributed by atoms with Gasteiger partial charge in [0.25, 0.3) is 0 Å². The molecule has 0 aliphatic carbocycles. The van der Waals surface area contributed by atoms with Crippen molar-refractivity contribution in [2.45, 2.75) is 25.2 Å². The molecule has 0 heterocycles. The van der Waals surface area contributed by atoms with Crippen LogP contribution in [0.1, 0.15) is 17.5 Å². The maximum atomic E-state index is 12.8. The lowest BCUT2D eigenvalue weighted by atomic mass is 10.1. The summed E-state index contributed by atoms with van der Waals surface area (Å²) in [6.07, 6.45) is -10.2. The predicted molar refractivity (Wildman–Crippen MR) is 60.4 cm³/mol. The molecule has 0 fully saturated rings. The molecule has 20 heavy (non-hydrogen) atoms. The SMILES string of the molecule is NCCc1ccc(OCCC(F)(F)F)c(C(F)(F)F)c1. The van der Waals surface area contributed by atoms with Gasteiger partial charge in [-0.15, -0.1) is 0 Å². The van der Waals surface area contributed by atoms with Gasteiger partial charge in [-0.25, -0.2) is 0 Å². The minimum atomic E-state index is -4.70. The molecule has 0 unspecified atom stereocenters. The summed E-state index contributed by atoms with van der Waals surface area (Å²) in [7, 11) is 0. The highest BCUT2D eigenvalue weighted by Gasteiger charge is 2.35. The van der Waals surface area contributed by atoms with Gasteiger partial charge in [0.05, 0.1) is 18.6 Å². The molecule has 1 aromatic rings. The number of rotatable bonds is 5. The Labute approximate surface area is 111 Å². The largest absolute Gasteiger partial charge is 0.493 e. The highest BCUT2D eigenvalue weighted by molar-refractivity contribution is 5.39. The second kappa shape index (κ2) is 6.34. The van der Waals surface area contributed by atoms with Crippen LogP contribution in [-0.2, 0) is 12.6 Å².